The number of nitrogens with zero attached hydrogens (tertiary/aromatic N) is 1. The van der Waals surface area contributed by atoms with Crippen LogP contribution in [0.3, 0.4) is 0 Å². The van der Waals surface area contributed by atoms with Crippen molar-refractivity contribution in [1.82, 2.24) is 0 Å². The van der Waals surface area contributed by atoms with E-state index in [0.29, 0.717) is 0 Å². The number of hydrogen-bond acceptors (Lipinski definition) is 1. The highest BCUT2D eigenvalue weighted by atomic mass is 15.1. The highest BCUT2D eigenvalue weighted by Crippen LogP contribution is 2.57. The molecule has 0 aliphatic heterocycles. The van der Waals surface area contributed by atoms with Gasteiger partial charge in [0.05, 0.1) is 11.1 Å². The minimum atomic E-state index is -0.518. The second kappa shape index (κ2) is 18.9. The minimum absolute atomic E-state index is 0.518. The van der Waals surface area contributed by atoms with E-state index < -0.39 is 5.41 Å². The zero-order valence-corrected chi connectivity index (χ0v) is 41.9. The number of benzene rings is 13. The first-order chi connectivity index (χ1) is 37.7. The van der Waals surface area contributed by atoms with E-state index in [4.69, 9.17) is 0 Å². The first-order valence-corrected chi connectivity index (χ1v) is 26.3. The summed E-state index contributed by atoms with van der Waals surface area (Å²) in [6.45, 7) is 0. The number of hydrogen-bond donors (Lipinski definition) is 0. The number of fused-ring (bicyclic) bond motifs is 6. The first kappa shape index (κ1) is 44.8. The maximum absolute atomic E-state index is 2.52. The number of rotatable bonds is 10. The van der Waals surface area contributed by atoms with Crippen molar-refractivity contribution in [3.63, 3.8) is 0 Å². The molecule has 0 N–H and O–H groups in total. The van der Waals surface area contributed by atoms with E-state index in [9.17, 15) is 0 Å². The summed E-state index contributed by atoms with van der Waals surface area (Å²) in [5.41, 5.74) is 22.3. The van der Waals surface area contributed by atoms with Gasteiger partial charge in [-0.1, -0.05) is 279 Å². The van der Waals surface area contributed by atoms with Gasteiger partial charge in [0, 0.05) is 22.3 Å². The molecule has 14 rings (SSSR count). The third-order valence-corrected chi connectivity index (χ3v) is 15.8. The quantitative estimate of drug-likeness (QED) is 0.123. The molecule has 0 atom stereocenters. The van der Waals surface area contributed by atoms with Gasteiger partial charge in [-0.2, -0.15) is 0 Å². The molecule has 0 radical (unpaired) electrons. The van der Waals surface area contributed by atoms with Gasteiger partial charge in [-0.25, -0.2) is 0 Å². The molecule has 1 heteroatoms. The Bertz CT molecular complexity index is 4170. The van der Waals surface area contributed by atoms with Crippen LogP contribution in [0.5, 0.6) is 0 Å². The fourth-order valence-electron chi connectivity index (χ4n) is 12.3. The van der Waals surface area contributed by atoms with Gasteiger partial charge in [-0.15, -0.1) is 0 Å². The second-order valence-corrected chi connectivity index (χ2v) is 19.9. The topological polar surface area (TPSA) is 3.24 Å². The Labute approximate surface area is 444 Å². The average Bonchev–Trinajstić information content (AvgIpc) is 4.04. The fraction of sp³-hybridized carbons (Fsp3) is 0.0133. The molecule has 0 saturated heterocycles. The van der Waals surface area contributed by atoms with Gasteiger partial charge in [0.2, 0.25) is 0 Å². The average molecular weight is 966 g/mol. The lowest BCUT2D eigenvalue weighted by molar-refractivity contribution is 0.768. The Hall–Kier alpha value is -9.82. The van der Waals surface area contributed by atoms with Crippen molar-refractivity contribution in [3.8, 4) is 66.8 Å². The van der Waals surface area contributed by atoms with Crippen molar-refractivity contribution >= 4 is 38.6 Å². The van der Waals surface area contributed by atoms with Crippen molar-refractivity contribution in [1.29, 1.82) is 0 Å². The van der Waals surface area contributed by atoms with Gasteiger partial charge >= 0.3 is 0 Å². The third kappa shape index (κ3) is 7.55. The molecule has 1 aliphatic rings. The summed E-state index contributed by atoms with van der Waals surface area (Å²) in [7, 11) is 0. The zero-order chi connectivity index (χ0) is 50.4. The first-order valence-electron chi connectivity index (χ1n) is 26.3. The SMILES string of the molecule is c1ccc(-c2ccc(-c3ccc(N(c4ccc(C5(c6ccccc6)c6ccccc6-c6ccccc65)cc4)c4c(-c5cccc(-c6ccc(-c7ccccc7)cc6)c5)c5ccccc5c5ccccc45)cc3)cc2)cc1. The lowest BCUT2D eigenvalue weighted by Gasteiger charge is -2.35. The van der Waals surface area contributed by atoms with Crippen LogP contribution in [0, 0.1) is 0 Å². The van der Waals surface area contributed by atoms with E-state index in [0.717, 1.165) is 28.2 Å². The molecule has 0 fully saturated rings. The van der Waals surface area contributed by atoms with Crippen LogP contribution >= 0.6 is 0 Å². The Morgan fingerprint density at radius 2 is 0.566 bits per heavy atom. The van der Waals surface area contributed by atoms with Crippen molar-refractivity contribution in [3.05, 3.63) is 332 Å². The van der Waals surface area contributed by atoms with Crippen LogP contribution in [0.15, 0.2) is 309 Å². The molecular weight excluding hydrogens is 915 g/mol. The molecule has 0 heterocycles. The Morgan fingerprint density at radius 3 is 1.09 bits per heavy atom. The summed E-state index contributed by atoms with van der Waals surface area (Å²) in [5, 5.41) is 4.82. The summed E-state index contributed by atoms with van der Waals surface area (Å²) in [5.74, 6) is 0. The van der Waals surface area contributed by atoms with Gasteiger partial charge in [0.15, 0.2) is 0 Å². The Balaban J connectivity index is 0.978. The highest BCUT2D eigenvalue weighted by molar-refractivity contribution is 6.22. The normalized spacial score (nSPS) is 12.3. The summed E-state index contributed by atoms with van der Waals surface area (Å²) in [6, 6.07) is 114. The van der Waals surface area contributed by atoms with Crippen LogP contribution in [0.4, 0.5) is 17.1 Å². The van der Waals surface area contributed by atoms with Crippen molar-refractivity contribution < 1.29 is 0 Å². The van der Waals surface area contributed by atoms with Gasteiger partial charge in [-0.05, 0) is 130 Å². The summed E-state index contributed by atoms with van der Waals surface area (Å²) in [4.78, 5) is 2.52. The van der Waals surface area contributed by atoms with Gasteiger partial charge in [0.25, 0.3) is 0 Å². The van der Waals surface area contributed by atoms with E-state index in [1.165, 1.54) is 99.4 Å². The van der Waals surface area contributed by atoms with Crippen LogP contribution in [-0.2, 0) is 5.41 Å². The van der Waals surface area contributed by atoms with E-state index >= 15 is 0 Å². The highest BCUT2D eigenvalue weighted by Gasteiger charge is 2.46. The molecule has 1 aliphatic carbocycles. The fourth-order valence-corrected chi connectivity index (χ4v) is 12.3. The van der Waals surface area contributed by atoms with Gasteiger partial charge < -0.3 is 4.90 Å². The largest absolute Gasteiger partial charge is 0.309 e. The predicted octanol–water partition coefficient (Wildman–Crippen LogP) is 20.2. The lowest BCUT2D eigenvalue weighted by Crippen LogP contribution is -2.28. The standard InChI is InChI=1S/C75H51N/c1-4-19-52(20-5-1)54-35-37-56(38-36-54)57-43-47-63(48-44-57)76(64-49-45-62(46-50-64)75(61-25-8-3-9-26-61)71-33-16-14-29-67(71)68-30-15-17-34-72(68)75)74-70-32-13-11-28-66(70)65-27-10-12-31-69(65)73(74)60-24-18-23-59(51-60)58-41-39-55(40-42-58)53-21-6-2-7-22-53/h1-51H. The monoisotopic (exact) mass is 965 g/mol. The maximum Gasteiger partial charge on any atom is 0.0713 e. The van der Waals surface area contributed by atoms with Crippen LogP contribution in [-0.4, -0.2) is 0 Å². The second-order valence-electron chi connectivity index (χ2n) is 19.9. The van der Waals surface area contributed by atoms with Gasteiger partial charge in [0.1, 0.15) is 0 Å². The number of anilines is 3. The smallest absolute Gasteiger partial charge is 0.0713 e. The summed E-state index contributed by atoms with van der Waals surface area (Å²) in [6.07, 6.45) is 0. The van der Waals surface area contributed by atoms with E-state index in [2.05, 4.69) is 314 Å². The molecule has 0 amide bonds. The molecule has 356 valence electrons. The van der Waals surface area contributed by atoms with Crippen LogP contribution < -0.4 is 4.90 Å². The zero-order valence-electron chi connectivity index (χ0n) is 41.9. The molecule has 13 aromatic rings. The molecule has 0 bridgehead atoms. The third-order valence-electron chi connectivity index (χ3n) is 15.8. The Morgan fingerprint density at radius 1 is 0.224 bits per heavy atom. The van der Waals surface area contributed by atoms with E-state index in [-0.39, 0.29) is 0 Å². The van der Waals surface area contributed by atoms with Crippen molar-refractivity contribution in [2.45, 2.75) is 5.41 Å². The predicted molar refractivity (Wildman–Crippen MR) is 321 cm³/mol. The molecule has 0 saturated carbocycles. The molecule has 76 heavy (non-hydrogen) atoms. The molecular formula is C75H51N. The summed E-state index contributed by atoms with van der Waals surface area (Å²) < 4.78 is 0. The molecule has 13 aromatic carbocycles. The van der Waals surface area contributed by atoms with Crippen LogP contribution in [0.1, 0.15) is 22.3 Å². The maximum atomic E-state index is 2.52. The van der Waals surface area contributed by atoms with Crippen LogP contribution in [0.25, 0.3) is 88.3 Å². The Kier molecular flexibility index (Phi) is 11.2. The lowest BCUT2D eigenvalue weighted by atomic mass is 9.67. The van der Waals surface area contributed by atoms with Crippen LogP contribution in [0.2, 0.25) is 0 Å². The molecule has 0 aromatic heterocycles. The van der Waals surface area contributed by atoms with Gasteiger partial charge in [-0.3, -0.25) is 0 Å². The molecule has 0 unspecified atom stereocenters. The van der Waals surface area contributed by atoms with Crippen molar-refractivity contribution in [2.24, 2.45) is 0 Å². The minimum Gasteiger partial charge on any atom is -0.309 e. The van der Waals surface area contributed by atoms with E-state index in [1.54, 1.807) is 0 Å². The summed E-state index contributed by atoms with van der Waals surface area (Å²) >= 11 is 0. The molecule has 1 nitrogen and oxygen atoms in total. The van der Waals surface area contributed by atoms with Crippen molar-refractivity contribution in [2.75, 3.05) is 4.90 Å². The van der Waals surface area contributed by atoms with E-state index in [1.807, 2.05) is 0 Å². The molecule has 0 spiro atoms.